The average molecular weight is 260 g/mol. The molecule has 1 amide bonds. The van der Waals surface area contributed by atoms with Crippen molar-refractivity contribution < 1.29 is 4.79 Å². The van der Waals surface area contributed by atoms with E-state index in [0.29, 0.717) is 11.5 Å². The van der Waals surface area contributed by atoms with Crippen LogP contribution in [0, 0.1) is 18.8 Å². The molecule has 19 heavy (non-hydrogen) atoms. The lowest BCUT2D eigenvalue weighted by Gasteiger charge is -2.28. The van der Waals surface area contributed by atoms with Gasteiger partial charge in [-0.25, -0.2) is 0 Å². The molecule has 3 N–H and O–H groups in total. The third-order valence-corrected chi connectivity index (χ3v) is 4.35. The summed E-state index contributed by atoms with van der Waals surface area (Å²) in [5, 5.41) is 3.07. The van der Waals surface area contributed by atoms with Crippen molar-refractivity contribution in [2.24, 2.45) is 11.8 Å². The lowest BCUT2D eigenvalue weighted by atomic mass is 9.80. The second kappa shape index (κ2) is 6.09. The van der Waals surface area contributed by atoms with Gasteiger partial charge in [-0.15, -0.1) is 0 Å². The van der Waals surface area contributed by atoms with Gasteiger partial charge in [-0.05, 0) is 48.9 Å². The Bertz CT molecular complexity index is 456. The van der Waals surface area contributed by atoms with Crippen LogP contribution in [0.4, 0.5) is 5.69 Å². The first-order valence-electron chi connectivity index (χ1n) is 7.22. The molecular formula is C16H24N2O. The maximum Gasteiger partial charge on any atom is 0.251 e. The van der Waals surface area contributed by atoms with E-state index < -0.39 is 0 Å². The first-order valence-corrected chi connectivity index (χ1v) is 7.22. The number of nitrogens with one attached hydrogen (secondary N) is 1. The van der Waals surface area contributed by atoms with Crippen LogP contribution in [0.25, 0.3) is 0 Å². The molecule has 0 radical (unpaired) electrons. The Hall–Kier alpha value is -1.51. The number of carbonyl (C=O) groups excluding carboxylic acids is 1. The van der Waals surface area contributed by atoms with Crippen molar-refractivity contribution >= 4 is 11.6 Å². The second-order valence-electron chi connectivity index (χ2n) is 5.80. The molecule has 0 aromatic heterocycles. The van der Waals surface area contributed by atoms with Crippen LogP contribution in [-0.2, 0) is 0 Å². The zero-order valence-corrected chi connectivity index (χ0v) is 11.9. The molecule has 0 spiro atoms. The summed E-state index contributed by atoms with van der Waals surface area (Å²) in [6.07, 6.45) is 5.17. The highest BCUT2D eigenvalue weighted by Gasteiger charge is 2.21. The molecule has 1 aliphatic carbocycles. The van der Waals surface area contributed by atoms with E-state index >= 15 is 0 Å². The highest BCUT2D eigenvalue weighted by atomic mass is 16.1. The number of nitrogens with two attached hydrogens (primary N) is 1. The topological polar surface area (TPSA) is 55.1 Å². The Morgan fingerprint density at radius 1 is 1.37 bits per heavy atom. The summed E-state index contributed by atoms with van der Waals surface area (Å²) in [4.78, 5) is 12.1. The lowest BCUT2D eigenvalue weighted by molar-refractivity contribution is 0.0936. The van der Waals surface area contributed by atoms with Gasteiger partial charge in [-0.3, -0.25) is 4.79 Å². The number of amides is 1. The third-order valence-electron chi connectivity index (χ3n) is 4.35. The van der Waals surface area contributed by atoms with Gasteiger partial charge in [-0.1, -0.05) is 26.2 Å². The lowest BCUT2D eigenvalue weighted by Crippen LogP contribution is -2.33. The number of benzene rings is 1. The quantitative estimate of drug-likeness (QED) is 0.820. The van der Waals surface area contributed by atoms with Crippen LogP contribution < -0.4 is 11.1 Å². The number of hydrogen-bond donors (Lipinski definition) is 2. The van der Waals surface area contributed by atoms with E-state index in [9.17, 15) is 4.79 Å². The summed E-state index contributed by atoms with van der Waals surface area (Å²) in [6, 6.07) is 5.45. The van der Waals surface area contributed by atoms with E-state index in [1.165, 1.54) is 25.7 Å². The first-order chi connectivity index (χ1) is 9.08. The second-order valence-corrected chi connectivity index (χ2v) is 5.80. The Morgan fingerprint density at radius 2 is 2.11 bits per heavy atom. The van der Waals surface area contributed by atoms with Crippen molar-refractivity contribution in [1.82, 2.24) is 5.32 Å². The van der Waals surface area contributed by atoms with Gasteiger partial charge in [0.2, 0.25) is 0 Å². The van der Waals surface area contributed by atoms with Gasteiger partial charge in [0.25, 0.3) is 5.91 Å². The largest absolute Gasteiger partial charge is 0.399 e. The number of rotatable bonds is 3. The van der Waals surface area contributed by atoms with Crippen LogP contribution in [0.15, 0.2) is 18.2 Å². The maximum absolute atomic E-state index is 12.1. The van der Waals surface area contributed by atoms with Crippen LogP contribution in [-0.4, -0.2) is 12.5 Å². The Balaban J connectivity index is 1.91. The molecule has 0 heterocycles. The van der Waals surface area contributed by atoms with Crippen molar-refractivity contribution in [3.63, 3.8) is 0 Å². The number of carbonyl (C=O) groups is 1. The van der Waals surface area contributed by atoms with Crippen molar-refractivity contribution in [2.75, 3.05) is 12.3 Å². The summed E-state index contributed by atoms with van der Waals surface area (Å²) in [6.45, 7) is 5.02. The summed E-state index contributed by atoms with van der Waals surface area (Å²) in [7, 11) is 0. The fourth-order valence-electron chi connectivity index (χ4n) is 2.84. The minimum atomic E-state index is 0.0147. The molecule has 2 rings (SSSR count). The van der Waals surface area contributed by atoms with Crippen LogP contribution in [0.2, 0.25) is 0 Å². The summed E-state index contributed by atoms with van der Waals surface area (Å²) in [5.41, 5.74) is 8.16. The van der Waals surface area contributed by atoms with Gasteiger partial charge >= 0.3 is 0 Å². The number of nitrogen functional groups attached to an aromatic ring is 1. The smallest absolute Gasteiger partial charge is 0.251 e. The molecule has 1 fully saturated rings. The minimum Gasteiger partial charge on any atom is -0.399 e. The predicted octanol–water partition coefficient (Wildman–Crippen LogP) is 3.13. The molecule has 2 unspecified atom stereocenters. The molecule has 1 saturated carbocycles. The molecule has 1 aromatic rings. The Morgan fingerprint density at radius 3 is 2.79 bits per heavy atom. The van der Waals surface area contributed by atoms with E-state index in [1.807, 2.05) is 13.0 Å². The van der Waals surface area contributed by atoms with E-state index in [1.54, 1.807) is 12.1 Å². The van der Waals surface area contributed by atoms with E-state index in [4.69, 9.17) is 5.73 Å². The number of hydrogen-bond acceptors (Lipinski definition) is 2. The Kier molecular flexibility index (Phi) is 4.46. The molecule has 1 aromatic carbocycles. The van der Waals surface area contributed by atoms with Gasteiger partial charge in [0.15, 0.2) is 0 Å². The van der Waals surface area contributed by atoms with Crippen molar-refractivity contribution in [2.45, 2.75) is 39.5 Å². The molecule has 104 valence electrons. The summed E-state index contributed by atoms with van der Waals surface area (Å²) >= 11 is 0. The summed E-state index contributed by atoms with van der Waals surface area (Å²) in [5.74, 6) is 1.37. The predicted molar refractivity (Wildman–Crippen MR) is 79.0 cm³/mol. The molecule has 1 aliphatic rings. The van der Waals surface area contributed by atoms with Gasteiger partial charge < -0.3 is 11.1 Å². The molecule has 3 heteroatoms. The van der Waals surface area contributed by atoms with E-state index in [-0.39, 0.29) is 5.91 Å². The van der Waals surface area contributed by atoms with Crippen molar-refractivity contribution in [1.29, 1.82) is 0 Å². The first kappa shape index (κ1) is 13.9. The molecule has 0 bridgehead atoms. The van der Waals surface area contributed by atoms with Gasteiger partial charge in [0.1, 0.15) is 0 Å². The van der Waals surface area contributed by atoms with Crippen LogP contribution in [0.1, 0.15) is 48.5 Å². The van der Waals surface area contributed by atoms with E-state index in [2.05, 4.69) is 12.2 Å². The summed E-state index contributed by atoms with van der Waals surface area (Å²) < 4.78 is 0. The van der Waals surface area contributed by atoms with Crippen LogP contribution >= 0.6 is 0 Å². The monoisotopic (exact) mass is 260 g/mol. The van der Waals surface area contributed by atoms with E-state index in [0.717, 1.165) is 23.7 Å². The molecule has 2 atom stereocenters. The van der Waals surface area contributed by atoms with Gasteiger partial charge in [-0.2, -0.15) is 0 Å². The fourth-order valence-corrected chi connectivity index (χ4v) is 2.84. The minimum absolute atomic E-state index is 0.0147. The average Bonchev–Trinajstić information content (AvgIpc) is 2.40. The normalized spacial score (nSPS) is 23.1. The highest BCUT2D eigenvalue weighted by Crippen LogP contribution is 2.28. The molecular weight excluding hydrogens is 236 g/mol. The zero-order chi connectivity index (χ0) is 13.8. The molecule has 0 aliphatic heterocycles. The molecule has 3 nitrogen and oxygen atoms in total. The highest BCUT2D eigenvalue weighted by molar-refractivity contribution is 5.94. The SMILES string of the molecule is Cc1cc(C(=O)NCC2CCCCC2C)ccc1N. The number of aryl methyl sites for hydroxylation is 1. The van der Waals surface area contributed by atoms with Gasteiger partial charge in [0, 0.05) is 17.8 Å². The van der Waals surface area contributed by atoms with Crippen molar-refractivity contribution in [3.05, 3.63) is 29.3 Å². The van der Waals surface area contributed by atoms with Crippen molar-refractivity contribution in [3.8, 4) is 0 Å². The Labute approximate surface area is 115 Å². The standard InChI is InChI=1S/C16H24N2O/c1-11-5-3-4-6-14(11)10-18-16(19)13-7-8-15(17)12(2)9-13/h7-9,11,14H,3-6,10,17H2,1-2H3,(H,18,19). The van der Waals surface area contributed by atoms with Gasteiger partial charge in [0.05, 0.1) is 0 Å². The van der Waals surface area contributed by atoms with Crippen LogP contribution in [0.5, 0.6) is 0 Å². The third kappa shape index (κ3) is 3.49. The number of anilines is 1. The molecule has 0 saturated heterocycles. The maximum atomic E-state index is 12.1. The van der Waals surface area contributed by atoms with Crippen LogP contribution in [0.3, 0.4) is 0 Å². The zero-order valence-electron chi connectivity index (χ0n) is 11.9. The fraction of sp³-hybridized carbons (Fsp3) is 0.562.